The molecule has 0 saturated carbocycles. The second-order valence-electron chi connectivity index (χ2n) is 2.28. The SMILES string of the molecule is O=C(O)CCCN(O)CC(=O)O. The molecule has 0 aliphatic rings. The average Bonchev–Trinajstić information content (AvgIpc) is 1.84. The first-order valence-corrected chi connectivity index (χ1v) is 3.40. The average molecular weight is 177 g/mol. The quantitative estimate of drug-likeness (QED) is 0.479. The van der Waals surface area contributed by atoms with E-state index in [1.165, 1.54) is 0 Å². The highest BCUT2D eigenvalue weighted by Gasteiger charge is 2.06. The molecule has 3 N–H and O–H groups in total. The Morgan fingerprint density at radius 3 is 2.17 bits per heavy atom. The molecule has 0 aromatic heterocycles. The first-order chi connectivity index (χ1) is 5.52. The Morgan fingerprint density at radius 2 is 1.75 bits per heavy atom. The van der Waals surface area contributed by atoms with Gasteiger partial charge < -0.3 is 15.4 Å². The van der Waals surface area contributed by atoms with E-state index >= 15 is 0 Å². The van der Waals surface area contributed by atoms with Crippen molar-refractivity contribution in [3.8, 4) is 0 Å². The van der Waals surface area contributed by atoms with Gasteiger partial charge in [-0.25, -0.2) is 0 Å². The maximum atomic E-state index is 9.99. The highest BCUT2D eigenvalue weighted by Crippen LogP contribution is 1.91. The molecule has 0 atom stereocenters. The predicted molar refractivity (Wildman–Crippen MR) is 37.9 cm³/mol. The van der Waals surface area contributed by atoms with Crippen molar-refractivity contribution >= 4 is 11.9 Å². The summed E-state index contributed by atoms with van der Waals surface area (Å²) in [6.45, 7) is -0.432. The van der Waals surface area contributed by atoms with Gasteiger partial charge in [-0.2, -0.15) is 5.06 Å². The maximum Gasteiger partial charge on any atom is 0.320 e. The second-order valence-corrected chi connectivity index (χ2v) is 2.28. The Bertz CT molecular complexity index is 169. The van der Waals surface area contributed by atoms with Crippen molar-refractivity contribution in [1.82, 2.24) is 5.06 Å². The summed E-state index contributed by atoms with van der Waals surface area (Å²) in [5.74, 6) is -2.11. The van der Waals surface area contributed by atoms with Gasteiger partial charge in [-0.05, 0) is 6.42 Å². The van der Waals surface area contributed by atoms with Crippen molar-refractivity contribution in [2.24, 2.45) is 0 Å². The Balaban J connectivity index is 3.37. The summed E-state index contributed by atoms with van der Waals surface area (Å²) in [4.78, 5) is 20.0. The maximum absolute atomic E-state index is 9.99. The van der Waals surface area contributed by atoms with E-state index < -0.39 is 18.5 Å². The molecule has 12 heavy (non-hydrogen) atoms. The second kappa shape index (κ2) is 5.50. The summed E-state index contributed by atoms with van der Waals surface area (Å²) in [5, 5.41) is 25.7. The van der Waals surface area contributed by atoms with Gasteiger partial charge in [0.25, 0.3) is 0 Å². The standard InChI is InChI=1S/C6H11NO5/c8-5(9)2-1-3-7(12)4-6(10)11/h12H,1-4H2,(H,8,9)(H,10,11). The molecule has 6 nitrogen and oxygen atoms in total. The van der Waals surface area contributed by atoms with E-state index in [0.29, 0.717) is 5.06 Å². The minimum Gasteiger partial charge on any atom is -0.481 e. The number of carbonyl (C=O) groups is 2. The van der Waals surface area contributed by atoms with Crippen LogP contribution in [0.5, 0.6) is 0 Å². The number of rotatable bonds is 6. The van der Waals surface area contributed by atoms with Crippen molar-refractivity contribution in [2.45, 2.75) is 12.8 Å². The van der Waals surface area contributed by atoms with Crippen LogP contribution in [-0.2, 0) is 9.59 Å². The molecule has 0 spiro atoms. The molecule has 6 heteroatoms. The number of carboxylic acid groups (broad SMARTS) is 2. The van der Waals surface area contributed by atoms with Crippen molar-refractivity contribution in [3.05, 3.63) is 0 Å². The minimum atomic E-state index is -1.15. The lowest BCUT2D eigenvalue weighted by molar-refractivity contribution is -0.153. The molecular weight excluding hydrogens is 166 g/mol. The molecule has 0 radical (unpaired) electrons. The van der Waals surface area contributed by atoms with Crippen LogP contribution in [0.25, 0.3) is 0 Å². The molecule has 0 heterocycles. The van der Waals surface area contributed by atoms with Crippen LogP contribution < -0.4 is 0 Å². The summed E-state index contributed by atoms with van der Waals surface area (Å²) in [7, 11) is 0. The van der Waals surface area contributed by atoms with Gasteiger partial charge >= 0.3 is 11.9 Å². The van der Waals surface area contributed by atoms with Crippen LogP contribution >= 0.6 is 0 Å². The molecule has 0 fully saturated rings. The smallest absolute Gasteiger partial charge is 0.320 e. The molecule has 0 rings (SSSR count). The monoisotopic (exact) mass is 177 g/mol. The van der Waals surface area contributed by atoms with Crippen LogP contribution in [0.4, 0.5) is 0 Å². The van der Waals surface area contributed by atoms with E-state index in [2.05, 4.69) is 0 Å². The Labute approximate surface area is 69.0 Å². The van der Waals surface area contributed by atoms with Gasteiger partial charge in [0.05, 0.1) is 0 Å². The zero-order valence-corrected chi connectivity index (χ0v) is 6.43. The van der Waals surface area contributed by atoms with Crippen LogP contribution in [0.15, 0.2) is 0 Å². The van der Waals surface area contributed by atoms with Crippen LogP contribution in [0.1, 0.15) is 12.8 Å². The lowest BCUT2D eigenvalue weighted by Gasteiger charge is -2.09. The van der Waals surface area contributed by atoms with E-state index in [4.69, 9.17) is 15.4 Å². The molecule has 70 valence electrons. The van der Waals surface area contributed by atoms with Crippen LogP contribution in [0.2, 0.25) is 0 Å². The van der Waals surface area contributed by atoms with Gasteiger partial charge in [0.1, 0.15) is 6.54 Å². The Kier molecular flexibility index (Phi) is 4.98. The van der Waals surface area contributed by atoms with E-state index in [1.807, 2.05) is 0 Å². The van der Waals surface area contributed by atoms with E-state index in [0.717, 1.165) is 0 Å². The Hall–Kier alpha value is -1.14. The predicted octanol–water partition coefficient (Wildman–Crippen LogP) is -0.373. The normalized spacial score (nSPS) is 10.2. The molecule has 0 amide bonds. The van der Waals surface area contributed by atoms with Crippen molar-refractivity contribution in [1.29, 1.82) is 0 Å². The van der Waals surface area contributed by atoms with Crippen LogP contribution in [0.3, 0.4) is 0 Å². The summed E-state index contributed by atoms with van der Waals surface area (Å²) < 4.78 is 0. The number of hydrogen-bond acceptors (Lipinski definition) is 4. The number of hydroxylamine groups is 2. The van der Waals surface area contributed by atoms with E-state index in [-0.39, 0.29) is 19.4 Å². The zero-order chi connectivity index (χ0) is 9.56. The van der Waals surface area contributed by atoms with Gasteiger partial charge in [0.2, 0.25) is 0 Å². The molecule has 0 aromatic rings. The topological polar surface area (TPSA) is 98.1 Å². The third kappa shape index (κ3) is 6.97. The number of nitrogens with zero attached hydrogens (tertiary/aromatic N) is 1. The van der Waals surface area contributed by atoms with Crippen molar-refractivity contribution in [3.63, 3.8) is 0 Å². The number of aliphatic carboxylic acids is 2. The minimum absolute atomic E-state index is 0.0542. The molecule has 0 bridgehead atoms. The molecule has 0 unspecified atom stereocenters. The highest BCUT2D eigenvalue weighted by atomic mass is 16.5. The third-order valence-corrected chi connectivity index (χ3v) is 1.12. The van der Waals surface area contributed by atoms with Gasteiger partial charge in [-0.1, -0.05) is 0 Å². The first-order valence-electron chi connectivity index (χ1n) is 3.40. The fourth-order valence-corrected chi connectivity index (χ4v) is 0.648. The van der Waals surface area contributed by atoms with Gasteiger partial charge in [-0.15, -0.1) is 0 Å². The third-order valence-electron chi connectivity index (χ3n) is 1.12. The molecule has 0 aliphatic carbocycles. The van der Waals surface area contributed by atoms with Gasteiger partial charge in [0.15, 0.2) is 0 Å². The summed E-state index contributed by atoms with van der Waals surface area (Å²) >= 11 is 0. The first kappa shape index (κ1) is 10.9. The molecular formula is C6H11NO5. The van der Waals surface area contributed by atoms with Crippen LogP contribution in [0, 0.1) is 0 Å². The van der Waals surface area contributed by atoms with Crippen molar-refractivity contribution in [2.75, 3.05) is 13.1 Å². The lowest BCUT2D eigenvalue weighted by Crippen LogP contribution is -2.27. The van der Waals surface area contributed by atoms with Crippen LogP contribution in [-0.4, -0.2) is 45.5 Å². The fraction of sp³-hybridized carbons (Fsp3) is 0.667. The Morgan fingerprint density at radius 1 is 1.17 bits per heavy atom. The number of carboxylic acids is 2. The highest BCUT2D eigenvalue weighted by molar-refractivity contribution is 5.69. The zero-order valence-electron chi connectivity index (χ0n) is 6.43. The molecule has 0 aromatic carbocycles. The summed E-state index contributed by atoms with van der Waals surface area (Å²) in [5.41, 5.74) is 0. The van der Waals surface area contributed by atoms with E-state index in [9.17, 15) is 9.59 Å². The number of hydrogen-bond donors (Lipinski definition) is 3. The largest absolute Gasteiger partial charge is 0.481 e. The molecule has 0 saturated heterocycles. The van der Waals surface area contributed by atoms with E-state index in [1.54, 1.807) is 0 Å². The molecule has 0 aliphatic heterocycles. The van der Waals surface area contributed by atoms with Gasteiger partial charge in [-0.3, -0.25) is 9.59 Å². The summed E-state index contributed by atoms with van der Waals surface area (Å²) in [6, 6.07) is 0. The van der Waals surface area contributed by atoms with Crippen molar-refractivity contribution < 1.29 is 25.0 Å². The lowest BCUT2D eigenvalue weighted by atomic mass is 10.3. The fourth-order valence-electron chi connectivity index (χ4n) is 0.648. The summed E-state index contributed by atoms with van der Waals surface area (Å²) in [6.07, 6.45) is 0.162. The van der Waals surface area contributed by atoms with Gasteiger partial charge in [0, 0.05) is 13.0 Å².